The molecule has 20 heavy (non-hydrogen) atoms. The van der Waals surface area contributed by atoms with Gasteiger partial charge in [0.05, 0.1) is 16.7 Å². The number of fused-ring (bicyclic) bond motifs is 1. The van der Waals surface area contributed by atoms with E-state index in [0.29, 0.717) is 0 Å². The van der Waals surface area contributed by atoms with Crippen LogP contribution in [-0.2, 0) is 19.3 Å². The molecular weight excluding hydrogens is 266 g/mol. The summed E-state index contributed by atoms with van der Waals surface area (Å²) in [5, 5.41) is 1.10. The molecule has 0 saturated heterocycles. The van der Waals surface area contributed by atoms with E-state index in [1.807, 2.05) is 6.92 Å². The number of aromatic nitrogens is 1. The number of nitrogens with one attached hydrogen (secondary N) is 1. The van der Waals surface area contributed by atoms with Crippen LogP contribution in [0.5, 0.6) is 0 Å². The Hall–Kier alpha value is -1.23. The van der Waals surface area contributed by atoms with Crippen LogP contribution in [0.1, 0.15) is 44.7 Å². The molecular formula is C16H21N3S. The lowest BCUT2D eigenvalue weighted by Gasteiger charge is -2.15. The fourth-order valence-corrected chi connectivity index (χ4v) is 4.07. The predicted molar refractivity (Wildman–Crippen MR) is 83.8 cm³/mol. The molecule has 3 N–H and O–H groups in total. The van der Waals surface area contributed by atoms with Gasteiger partial charge < -0.3 is 0 Å². The van der Waals surface area contributed by atoms with Gasteiger partial charge in [0.2, 0.25) is 0 Å². The van der Waals surface area contributed by atoms with Crippen molar-refractivity contribution in [3.63, 3.8) is 0 Å². The fraction of sp³-hybridized carbons (Fsp3) is 0.438. The molecule has 1 aliphatic rings. The zero-order valence-electron chi connectivity index (χ0n) is 12.1. The van der Waals surface area contributed by atoms with Gasteiger partial charge in [-0.25, -0.2) is 4.98 Å². The van der Waals surface area contributed by atoms with Crippen molar-refractivity contribution < 1.29 is 0 Å². The van der Waals surface area contributed by atoms with Crippen molar-refractivity contribution in [2.75, 3.05) is 0 Å². The minimum absolute atomic E-state index is 0.153. The summed E-state index contributed by atoms with van der Waals surface area (Å²) < 4.78 is 0. The van der Waals surface area contributed by atoms with E-state index in [0.717, 1.165) is 17.1 Å². The molecule has 3 rings (SSSR count). The Morgan fingerprint density at radius 2 is 2.10 bits per heavy atom. The summed E-state index contributed by atoms with van der Waals surface area (Å²) in [6.07, 6.45) is 4.68. The van der Waals surface area contributed by atoms with Crippen LogP contribution in [0.3, 0.4) is 0 Å². The molecule has 0 aliphatic heterocycles. The third-order valence-corrected chi connectivity index (χ3v) is 5.25. The Labute approximate surface area is 124 Å². The number of nitrogens with two attached hydrogens (primary N) is 1. The normalized spacial score (nSPS) is 15.3. The highest BCUT2D eigenvalue weighted by Gasteiger charge is 2.18. The molecule has 4 heteroatoms. The summed E-state index contributed by atoms with van der Waals surface area (Å²) in [6.45, 7) is 4.11. The SMILES string of the molecule is Cc1nc(C)c(C(Cc2ccc3c(c2)CCC3)NN)s1. The van der Waals surface area contributed by atoms with Gasteiger partial charge in [-0.05, 0) is 56.2 Å². The molecule has 106 valence electrons. The Bertz CT molecular complexity index is 618. The van der Waals surface area contributed by atoms with Gasteiger partial charge in [-0.2, -0.15) is 0 Å². The standard InChI is InChI=1S/C16H21N3S/c1-10-16(20-11(2)18-10)15(19-17)9-12-6-7-13-4-3-5-14(13)8-12/h6-8,15,19H,3-5,9,17H2,1-2H3. The molecule has 0 bridgehead atoms. The maximum atomic E-state index is 5.77. The number of hydrazine groups is 1. The largest absolute Gasteiger partial charge is 0.271 e. The Balaban J connectivity index is 1.83. The summed E-state index contributed by atoms with van der Waals surface area (Å²) in [4.78, 5) is 5.76. The molecule has 0 amide bonds. The van der Waals surface area contributed by atoms with Gasteiger partial charge in [0.15, 0.2) is 0 Å². The summed E-state index contributed by atoms with van der Waals surface area (Å²) >= 11 is 1.74. The molecule has 0 radical (unpaired) electrons. The number of hydrogen-bond acceptors (Lipinski definition) is 4. The highest BCUT2D eigenvalue weighted by atomic mass is 32.1. The summed E-state index contributed by atoms with van der Waals surface area (Å²) in [7, 11) is 0. The second-order valence-corrected chi connectivity index (χ2v) is 6.80. The minimum Gasteiger partial charge on any atom is -0.271 e. The molecule has 1 atom stereocenters. The first-order valence-electron chi connectivity index (χ1n) is 7.18. The molecule has 0 fully saturated rings. The van der Waals surface area contributed by atoms with Gasteiger partial charge in [0, 0.05) is 4.88 Å². The van der Waals surface area contributed by atoms with Crippen molar-refractivity contribution >= 4 is 11.3 Å². The van der Waals surface area contributed by atoms with Gasteiger partial charge in [-0.3, -0.25) is 11.3 Å². The van der Waals surface area contributed by atoms with Crippen LogP contribution in [0.25, 0.3) is 0 Å². The van der Waals surface area contributed by atoms with Crippen LogP contribution in [0.4, 0.5) is 0 Å². The van der Waals surface area contributed by atoms with Gasteiger partial charge in [0.25, 0.3) is 0 Å². The quantitative estimate of drug-likeness (QED) is 0.671. The van der Waals surface area contributed by atoms with Crippen molar-refractivity contribution in [1.29, 1.82) is 0 Å². The number of rotatable bonds is 4. The highest BCUT2D eigenvalue weighted by molar-refractivity contribution is 7.11. The Morgan fingerprint density at radius 1 is 1.30 bits per heavy atom. The van der Waals surface area contributed by atoms with Gasteiger partial charge in [-0.15, -0.1) is 11.3 Å². The molecule has 2 aromatic rings. The molecule has 0 saturated carbocycles. The van der Waals surface area contributed by atoms with Crippen LogP contribution in [0, 0.1) is 13.8 Å². The van der Waals surface area contributed by atoms with Crippen LogP contribution >= 0.6 is 11.3 Å². The van der Waals surface area contributed by atoms with E-state index in [1.165, 1.54) is 40.8 Å². The highest BCUT2D eigenvalue weighted by Crippen LogP contribution is 2.29. The molecule has 3 nitrogen and oxygen atoms in total. The van der Waals surface area contributed by atoms with Crippen LogP contribution in [-0.4, -0.2) is 4.98 Å². The molecule has 0 spiro atoms. The zero-order chi connectivity index (χ0) is 14.1. The maximum absolute atomic E-state index is 5.77. The first-order valence-corrected chi connectivity index (χ1v) is 7.99. The van der Waals surface area contributed by atoms with Crippen LogP contribution in [0.15, 0.2) is 18.2 Å². The van der Waals surface area contributed by atoms with Crippen molar-refractivity contribution in [3.8, 4) is 0 Å². The third-order valence-electron chi connectivity index (χ3n) is 4.06. The monoisotopic (exact) mass is 287 g/mol. The first-order chi connectivity index (χ1) is 9.67. The molecule has 1 aromatic heterocycles. The summed E-state index contributed by atoms with van der Waals surface area (Å²) in [5.74, 6) is 5.77. The zero-order valence-corrected chi connectivity index (χ0v) is 12.9. The lowest BCUT2D eigenvalue weighted by Crippen LogP contribution is -2.29. The maximum Gasteiger partial charge on any atom is 0.0900 e. The van der Waals surface area contributed by atoms with Crippen molar-refractivity contribution in [2.45, 2.75) is 45.6 Å². The lowest BCUT2D eigenvalue weighted by molar-refractivity contribution is 0.557. The van der Waals surface area contributed by atoms with E-state index < -0.39 is 0 Å². The van der Waals surface area contributed by atoms with Gasteiger partial charge >= 0.3 is 0 Å². The number of benzene rings is 1. The van der Waals surface area contributed by atoms with Crippen molar-refractivity contribution in [1.82, 2.24) is 10.4 Å². The number of aryl methyl sites for hydroxylation is 4. The van der Waals surface area contributed by atoms with Gasteiger partial charge in [0.1, 0.15) is 0 Å². The van der Waals surface area contributed by atoms with Crippen LogP contribution in [0.2, 0.25) is 0 Å². The molecule has 1 aromatic carbocycles. The van der Waals surface area contributed by atoms with Crippen molar-refractivity contribution in [3.05, 3.63) is 50.5 Å². The average Bonchev–Trinajstić information content (AvgIpc) is 3.01. The van der Waals surface area contributed by atoms with E-state index in [9.17, 15) is 0 Å². The minimum atomic E-state index is 0.153. The van der Waals surface area contributed by atoms with E-state index in [1.54, 1.807) is 11.3 Å². The van der Waals surface area contributed by atoms with E-state index in [-0.39, 0.29) is 6.04 Å². The van der Waals surface area contributed by atoms with E-state index in [2.05, 4.69) is 35.5 Å². The predicted octanol–water partition coefficient (Wildman–Crippen LogP) is 3.00. The van der Waals surface area contributed by atoms with E-state index >= 15 is 0 Å². The summed E-state index contributed by atoms with van der Waals surface area (Å²) in [6, 6.07) is 7.05. The fourth-order valence-electron chi connectivity index (χ4n) is 3.09. The van der Waals surface area contributed by atoms with Gasteiger partial charge in [-0.1, -0.05) is 18.2 Å². The molecule has 1 aliphatic carbocycles. The first kappa shape index (κ1) is 13.7. The topological polar surface area (TPSA) is 50.9 Å². The lowest BCUT2D eigenvalue weighted by atomic mass is 10.00. The second-order valence-electron chi connectivity index (χ2n) is 5.56. The third kappa shape index (κ3) is 2.64. The van der Waals surface area contributed by atoms with Crippen molar-refractivity contribution in [2.24, 2.45) is 5.84 Å². The Morgan fingerprint density at radius 3 is 2.80 bits per heavy atom. The smallest absolute Gasteiger partial charge is 0.0900 e. The number of nitrogens with zero attached hydrogens (tertiary/aromatic N) is 1. The van der Waals surface area contributed by atoms with E-state index in [4.69, 9.17) is 5.84 Å². The molecule has 1 unspecified atom stereocenters. The molecule has 1 heterocycles. The number of thiazole rings is 1. The Kier molecular flexibility index (Phi) is 3.87. The number of hydrogen-bond donors (Lipinski definition) is 2. The summed E-state index contributed by atoms with van der Waals surface area (Å²) in [5.41, 5.74) is 8.46. The van der Waals surface area contributed by atoms with Crippen LogP contribution < -0.4 is 11.3 Å². The average molecular weight is 287 g/mol. The second kappa shape index (κ2) is 5.64.